The number of aliphatic imine (C=N–C) groups is 1. The summed E-state index contributed by atoms with van der Waals surface area (Å²) >= 11 is 7.17. The Morgan fingerprint density at radius 2 is 2.08 bits per heavy atom. The zero-order valence-electron chi connectivity index (χ0n) is 14.0. The van der Waals surface area contributed by atoms with Gasteiger partial charge in [0.2, 0.25) is 0 Å². The van der Waals surface area contributed by atoms with Crippen molar-refractivity contribution in [3.8, 4) is 6.07 Å². The fourth-order valence-electron chi connectivity index (χ4n) is 2.52. The van der Waals surface area contributed by atoms with E-state index < -0.39 is 0 Å². The van der Waals surface area contributed by atoms with Gasteiger partial charge in [-0.1, -0.05) is 11.6 Å². The lowest BCUT2D eigenvalue weighted by atomic mass is 10.1. The largest absolute Gasteiger partial charge is 0.375 e. The van der Waals surface area contributed by atoms with Gasteiger partial charge in [-0.05, 0) is 24.3 Å². The van der Waals surface area contributed by atoms with Crippen LogP contribution >= 0.6 is 22.9 Å². The molecule has 0 aliphatic rings. The lowest BCUT2D eigenvalue weighted by Crippen LogP contribution is -2.11. The van der Waals surface area contributed by atoms with E-state index in [1.807, 2.05) is 26.2 Å². The van der Waals surface area contributed by atoms with Crippen molar-refractivity contribution in [3.05, 3.63) is 46.1 Å². The number of nitrogens with one attached hydrogen (secondary N) is 1. The average Bonchev–Trinajstić information content (AvgIpc) is 3.00. The Kier molecular flexibility index (Phi) is 5.16. The number of nitrogens with zero attached hydrogens (tertiary/aromatic N) is 4. The van der Waals surface area contributed by atoms with Crippen molar-refractivity contribution in [3.63, 3.8) is 0 Å². The summed E-state index contributed by atoms with van der Waals surface area (Å²) in [5.74, 6) is 0. The molecule has 26 heavy (non-hydrogen) atoms. The molecule has 0 spiro atoms. The number of hydrogen-bond acceptors (Lipinski definition) is 6. The van der Waals surface area contributed by atoms with Crippen LogP contribution in [-0.4, -0.2) is 31.7 Å². The van der Waals surface area contributed by atoms with E-state index in [0.29, 0.717) is 27.0 Å². The first-order valence-corrected chi connectivity index (χ1v) is 8.77. The Labute approximate surface area is 159 Å². The summed E-state index contributed by atoms with van der Waals surface area (Å²) in [6, 6.07) is 9.28. The lowest BCUT2D eigenvalue weighted by molar-refractivity contribution is 0.112. The van der Waals surface area contributed by atoms with E-state index in [-0.39, 0.29) is 0 Å². The molecule has 1 N–H and O–H groups in total. The molecule has 130 valence electrons. The predicted octanol–water partition coefficient (Wildman–Crippen LogP) is 4.47. The Morgan fingerprint density at radius 3 is 2.69 bits per heavy atom. The van der Waals surface area contributed by atoms with Crippen molar-refractivity contribution < 1.29 is 4.79 Å². The molecule has 2 heterocycles. The van der Waals surface area contributed by atoms with E-state index in [1.165, 1.54) is 17.7 Å². The number of halogens is 1. The molecule has 3 rings (SSSR count). The van der Waals surface area contributed by atoms with Gasteiger partial charge in [-0.2, -0.15) is 5.26 Å². The number of thiophene rings is 1. The number of pyridine rings is 1. The summed E-state index contributed by atoms with van der Waals surface area (Å²) in [6.45, 7) is 0. The van der Waals surface area contributed by atoms with Gasteiger partial charge in [-0.3, -0.25) is 4.79 Å². The monoisotopic (exact) mass is 383 g/mol. The molecule has 6 nitrogen and oxygen atoms in total. The Hall–Kier alpha value is -2.95. The molecule has 1 aromatic carbocycles. The number of fused-ring (bicyclic) bond motifs is 1. The topological polar surface area (TPSA) is 81.4 Å². The molecule has 0 amide bonds. The molecule has 0 saturated heterocycles. The van der Waals surface area contributed by atoms with Crippen LogP contribution in [0.4, 0.5) is 17.1 Å². The number of rotatable bonds is 5. The number of carbonyl (C=O) groups excluding carboxylic acids is 1. The van der Waals surface area contributed by atoms with Crippen LogP contribution < -0.4 is 10.2 Å². The standard InChI is InChI=1S/C18H14ClN5OS/c1-24(2)18-13(7-20)21-8-14-16(18)17(15(9-25)26-14)23-10-22-12-5-3-11(19)4-6-12/h3-6,8-10H,1-2H3,(H,22,23). The summed E-state index contributed by atoms with van der Waals surface area (Å²) in [7, 11) is 3.66. The van der Waals surface area contributed by atoms with E-state index in [1.54, 1.807) is 23.2 Å². The molecule has 0 radical (unpaired) electrons. The molecular weight excluding hydrogens is 370 g/mol. The van der Waals surface area contributed by atoms with E-state index in [2.05, 4.69) is 21.4 Å². The Bertz CT molecular complexity index is 1030. The highest BCUT2D eigenvalue weighted by Crippen LogP contribution is 2.42. The van der Waals surface area contributed by atoms with Crippen molar-refractivity contribution in [2.45, 2.75) is 0 Å². The van der Waals surface area contributed by atoms with E-state index in [9.17, 15) is 10.1 Å². The average molecular weight is 384 g/mol. The second-order valence-electron chi connectivity index (χ2n) is 5.54. The smallest absolute Gasteiger partial charge is 0.164 e. The van der Waals surface area contributed by atoms with Gasteiger partial charge < -0.3 is 10.2 Å². The highest BCUT2D eigenvalue weighted by Gasteiger charge is 2.19. The fraction of sp³-hybridized carbons (Fsp3) is 0.111. The van der Waals surface area contributed by atoms with Crippen LogP contribution in [0.2, 0.25) is 5.02 Å². The third kappa shape index (κ3) is 3.38. The number of aromatic nitrogens is 1. The summed E-state index contributed by atoms with van der Waals surface area (Å²) in [6.07, 6.45) is 3.89. The molecule has 0 aliphatic heterocycles. The van der Waals surface area contributed by atoms with Crippen LogP contribution in [-0.2, 0) is 0 Å². The third-order valence-corrected chi connectivity index (χ3v) is 4.93. The molecule has 0 atom stereocenters. The second kappa shape index (κ2) is 7.52. The van der Waals surface area contributed by atoms with Crippen LogP contribution in [0, 0.1) is 11.3 Å². The van der Waals surface area contributed by atoms with Gasteiger partial charge in [0.25, 0.3) is 0 Å². The number of hydrogen-bond donors (Lipinski definition) is 1. The summed E-state index contributed by atoms with van der Waals surface area (Å²) < 4.78 is 0.799. The number of anilines is 2. The van der Waals surface area contributed by atoms with Gasteiger partial charge in [0, 0.05) is 36.4 Å². The maximum Gasteiger partial charge on any atom is 0.164 e. The first-order chi connectivity index (χ1) is 12.5. The number of nitriles is 1. The summed E-state index contributed by atoms with van der Waals surface area (Å²) in [4.78, 5) is 22.4. The maximum atomic E-state index is 11.5. The molecule has 2 aromatic heterocycles. The van der Waals surface area contributed by atoms with Gasteiger partial charge in [0.15, 0.2) is 12.0 Å². The van der Waals surface area contributed by atoms with Gasteiger partial charge >= 0.3 is 0 Å². The highest BCUT2D eigenvalue weighted by atomic mass is 35.5. The predicted molar refractivity (Wildman–Crippen MR) is 107 cm³/mol. The summed E-state index contributed by atoms with van der Waals surface area (Å²) in [5, 5.41) is 13.8. The molecular formula is C18H14ClN5OS. The van der Waals surface area contributed by atoms with Crippen molar-refractivity contribution in [1.82, 2.24) is 4.98 Å². The van der Waals surface area contributed by atoms with Crippen molar-refractivity contribution in [1.29, 1.82) is 5.26 Å². The highest BCUT2D eigenvalue weighted by molar-refractivity contribution is 7.21. The van der Waals surface area contributed by atoms with Gasteiger partial charge in [-0.15, -0.1) is 11.3 Å². The fourth-order valence-corrected chi connectivity index (χ4v) is 3.59. The van der Waals surface area contributed by atoms with Crippen LogP contribution in [0.25, 0.3) is 10.1 Å². The van der Waals surface area contributed by atoms with Crippen molar-refractivity contribution in [2.75, 3.05) is 24.3 Å². The van der Waals surface area contributed by atoms with Crippen molar-refractivity contribution >= 4 is 62.7 Å². The van der Waals surface area contributed by atoms with Gasteiger partial charge in [-0.25, -0.2) is 9.98 Å². The van der Waals surface area contributed by atoms with Gasteiger partial charge in [0.1, 0.15) is 6.07 Å². The molecule has 0 saturated carbocycles. The van der Waals surface area contributed by atoms with Crippen molar-refractivity contribution in [2.24, 2.45) is 4.99 Å². The first kappa shape index (κ1) is 17.9. The quantitative estimate of drug-likeness (QED) is 0.399. The first-order valence-electron chi connectivity index (χ1n) is 7.58. The molecule has 0 bridgehead atoms. The number of benzene rings is 1. The molecule has 0 unspecified atom stereocenters. The minimum atomic E-state index is 0.292. The van der Waals surface area contributed by atoms with E-state index in [0.717, 1.165) is 22.1 Å². The number of aldehydes is 1. The second-order valence-corrected chi connectivity index (χ2v) is 7.06. The molecule has 3 aromatic rings. The Morgan fingerprint density at radius 1 is 1.35 bits per heavy atom. The normalized spacial score (nSPS) is 10.8. The third-order valence-electron chi connectivity index (χ3n) is 3.64. The van der Waals surface area contributed by atoms with Crippen LogP contribution in [0.15, 0.2) is 35.5 Å². The zero-order chi connectivity index (χ0) is 18.7. The molecule has 0 aliphatic carbocycles. The van der Waals surface area contributed by atoms with Crippen LogP contribution in [0.5, 0.6) is 0 Å². The van der Waals surface area contributed by atoms with Crippen LogP contribution in [0.3, 0.4) is 0 Å². The minimum Gasteiger partial charge on any atom is -0.375 e. The number of carbonyl (C=O) groups is 1. The summed E-state index contributed by atoms with van der Waals surface area (Å²) in [5.41, 5.74) is 2.27. The SMILES string of the molecule is CN(C)c1c(C#N)ncc2sc(C=O)c(N=CNc3ccc(Cl)cc3)c12. The Balaban J connectivity index is 2.08. The lowest BCUT2D eigenvalue weighted by Gasteiger charge is -2.15. The van der Waals surface area contributed by atoms with Gasteiger partial charge in [0.05, 0.1) is 27.3 Å². The molecule has 0 fully saturated rings. The zero-order valence-corrected chi connectivity index (χ0v) is 15.6. The minimum absolute atomic E-state index is 0.292. The maximum absolute atomic E-state index is 11.5. The molecule has 8 heteroatoms. The van der Waals surface area contributed by atoms with E-state index >= 15 is 0 Å². The van der Waals surface area contributed by atoms with E-state index in [4.69, 9.17) is 11.6 Å². The van der Waals surface area contributed by atoms with Crippen LogP contribution in [0.1, 0.15) is 15.4 Å².